The SMILES string of the molecule is O=C1OC(=O)C2=C3C=CCc4ccccc4C3=CC=C1C2. The molecule has 0 radical (unpaired) electrons. The molecule has 102 valence electrons. The highest BCUT2D eigenvalue weighted by Gasteiger charge is 2.32. The maximum absolute atomic E-state index is 12.1. The molecule has 3 aliphatic rings. The second-order valence-corrected chi connectivity index (χ2v) is 5.28. The summed E-state index contributed by atoms with van der Waals surface area (Å²) in [5.41, 5.74) is 5.26. The molecule has 1 heterocycles. The van der Waals surface area contributed by atoms with Gasteiger partial charge in [-0.25, -0.2) is 9.59 Å². The predicted molar refractivity (Wildman–Crippen MR) is 78.1 cm³/mol. The fraction of sp³-hybridized carbons (Fsp3) is 0.111. The van der Waals surface area contributed by atoms with Gasteiger partial charge in [0.2, 0.25) is 0 Å². The summed E-state index contributed by atoms with van der Waals surface area (Å²) in [6.45, 7) is 0. The first kappa shape index (κ1) is 12.1. The van der Waals surface area contributed by atoms with Gasteiger partial charge in [-0.05, 0) is 28.7 Å². The molecule has 1 aromatic carbocycles. The molecule has 2 bridgehead atoms. The first-order valence-corrected chi connectivity index (χ1v) is 6.90. The Labute approximate surface area is 121 Å². The minimum Gasteiger partial charge on any atom is -0.386 e. The Kier molecular flexibility index (Phi) is 2.54. The van der Waals surface area contributed by atoms with Crippen molar-refractivity contribution in [2.75, 3.05) is 0 Å². The van der Waals surface area contributed by atoms with E-state index in [1.807, 2.05) is 24.3 Å². The zero-order chi connectivity index (χ0) is 14.4. The van der Waals surface area contributed by atoms with Gasteiger partial charge in [-0.1, -0.05) is 48.6 Å². The number of hydrogen-bond acceptors (Lipinski definition) is 3. The van der Waals surface area contributed by atoms with Crippen LogP contribution in [0.3, 0.4) is 0 Å². The lowest BCUT2D eigenvalue weighted by Gasteiger charge is -2.17. The molecule has 4 rings (SSSR count). The zero-order valence-corrected chi connectivity index (χ0v) is 11.3. The molecule has 1 aliphatic heterocycles. The van der Waals surface area contributed by atoms with Crippen molar-refractivity contribution >= 4 is 17.5 Å². The van der Waals surface area contributed by atoms with Crippen LogP contribution in [0.2, 0.25) is 0 Å². The lowest BCUT2D eigenvalue weighted by Crippen LogP contribution is -2.23. The maximum Gasteiger partial charge on any atom is 0.342 e. The fourth-order valence-electron chi connectivity index (χ4n) is 3.00. The number of carbonyl (C=O) groups excluding carboxylic acids is 2. The number of esters is 2. The van der Waals surface area contributed by atoms with Gasteiger partial charge in [0, 0.05) is 12.0 Å². The Morgan fingerprint density at radius 3 is 2.76 bits per heavy atom. The highest BCUT2D eigenvalue weighted by molar-refractivity contribution is 6.10. The van der Waals surface area contributed by atoms with Gasteiger partial charge in [0.25, 0.3) is 0 Å². The smallest absolute Gasteiger partial charge is 0.342 e. The highest BCUT2D eigenvalue weighted by Crippen LogP contribution is 2.38. The Bertz CT molecular complexity index is 804. The van der Waals surface area contributed by atoms with E-state index in [1.165, 1.54) is 5.56 Å². The first-order chi connectivity index (χ1) is 10.2. The number of allylic oxidation sites excluding steroid dienone is 6. The summed E-state index contributed by atoms with van der Waals surface area (Å²) in [4.78, 5) is 23.8. The number of fused-ring (bicyclic) bond motifs is 5. The van der Waals surface area contributed by atoms with Crippen LogP contribution >= 0.6 is 0 Å². The predicted octanol–water partition coefficient (Wildman–Crippen LogP) is 2.89. The average Bonchev–Trinajstić information content (AvgIpc) is 2.75. The van der Waals surface area contributed by atoms with E-state index in [-0.39, 0.29) is 0 Å². The van der Waals surface area contributed by atoms with Gasteiger partial charge < -0.3 is 4.74 Å². The summed E-state index contributed by atoms with van der Waals surface area (Å²) >= 11 is 0. The Balaban J connectivity index is 2.02. The van der Waals surface area contributed by atoms with Crippen LogP contribution in [0.4, 0.5) is 0 Å². The second kappa shape index (κ2) is 4.42. The average molecular weight is 276 g/mol. The molecule has 0 spiro atoms. The molecule has 0 saturated carbocycles. The monoisotopic (exact) mass is 276 g/mol. The van der Waals surface area contributed by atoms with Crippen molar-refractivity contribution in [1.29, 1.82) is 0 Å². The van der Waals surface area contributed by atoms with E-state index in [0.29, 0.717) is 17.6 Å². The second-order valence-electron chi connectivity index (χ2n) is 5.28. The number of ether oxygens (including phenoxy) is 1. The molecule has 1 fully saturated rings. The largest absolute Gasteiger partial charge is 0.386 e. The molecule has 0 atom stereocenters. The molecule has 0 aromatic heterocycles. The molecular weight excluding hydrogens is 264 g/mol. The fourth-order valence-corrected chi connectivity index (χ4v) is 3.00. The molecule has 0 unspecified atom stereocenters. The van der Waals surface area contributed by atoms with Crippen LogP contribution < -0.4 is 0 Å². The lowest BCUT2D eigenvalue weighted by atomic mass is 9.91. The van der Waals surface area contributed by atoms with Crippen LogP contribution in [-0.4, -0.2) is 11.9 Å². The molecule has 0 N–H and O–H groups in total. The summed E-state index contributed by atoms with van der Waals surface area (Å²) in [6, 6.07) is 8.13. The molecule has 1 aromatic rings. The van der Waals surface area contributed by atoms with E-state index in [1.54, 1.807) is 6.08 Å². The third-order valence-electron chi connectivity index (χ3n) is 4.06. The van der Waals surface area contributed by atoms with Gasteiger partial charge in [-0.2, -0.15) is 0 Å². The van der Waals surface area contributed by atoms with Crippen molar-refractivity contribution in [3.05, 3.63) is 76.4 Å². The number of rotatable bonds is 0. The molecule has 3 nitrogen and oxygen atoms in total. The molecular formula is C18H12O3. The van der Waals surface area contributed by atoms with E-state index >= 15 is 0 Å². The van der Waals surface area contributed by atoms with E-state index in [2.05, 4.69) is 18.2 Å². The van der Waals surface area contributed by atoms with E-state index in [9.17, 15) is 9.59 Å². The molecule has 2 aliphatic carbocycles. The topological polar surface area (TPSA) is 43.4 Å². The summed E-state index contributed by atoms with van der Waals surface area (Å²) in [5, 5.41) is 0. The van der Waals surface area contributed by atoms with Crippen molar-refractivity contribution in [2.45, 2.75) is 12.8 Å². The van der Waals surface area contributed by atoms with Crippen LogP contribution in [0.25, 0.3) is 5.57 Å². The maximum atomic E-state index is 12.1. The quantitative estimate of drug-likeness (QED) is 0.540. The molecule has 1 saturated heterocycles. The van der Waals surface area contributed by atoms with E-state index in [0.717, 1.165) is 23.1 Å². The third kappa shape index (κ3) is 1.82. The van der Waals surface area contributed by atoms with Crippen molar-refractivity contribution in [1.82, 2.24) is 0 Å². The molecule has 0 amide bonds. The zero-order valence-electron chi connectivity index (χ0n) is 11.3. The lowest BCUT2D eigenvalue weighted by molar-refractivity contribution is -0.155. The number of carbonyl (C=O) groups is 2. The van der Waals surface area contributed by atoms with E-state index < -0.39 is 11.9 Å². The summed E-state index contributed by atoms with van der Waals surface area (Å²) in [6.07, 6.45) is 8.89. The van der Waals surface area contributed by atoms with E-state index in [4.69, 9.17) is 4.74 Å². The van der Waals surface area contributed by atoms with Crippen molar-refractivity contribution in [2.24, 2.45) is 0 Å². The first-order valence-electron chi connectivity index (χ1n) is 6.90. The van der Waals surface area contributed by atoms with Crippen LogP contribution in [0.5, 0.6) is 0 Å². The number of hydrogen-bond donors (Lipinski definition) is 0. The third-order valence-corrected chi connectivity index (χ3v) is 4.06. The van der Waals surface area contributed by atoms with Gasteiger partial charge in [0.1, 0.15) is 0 Å². The summed E-state index contributed by atoms with van der Waals surface area (Å²) in [5.74, 6) is -1.06. The van der Waals surface area contributed by atoms with Gasteiger partial charge in [-0.3, -0.25) is 0 Å². The van der Waals surface area contributed by atoms with Crippen LogP contribution in [0.1, 0.15) is 17.5 Å². The highest BCUT2D eigenvalue weighted by atomic mass is 16.6. The summed E-state index contributed by atoms with van der Waals surface area (Å²) in [7, 11) is 0. The summed E-state index contributed by atoms with van der Waals surface area (Å²) < 4.78 is 4.84. The minimum absolute atomic E-state index is 0.347. The van der Waals surface area contributed by atoms with Crippen molar-refractivity contribution < 1.29 is 14.3 Å². The standard InChI is InChI=1S/C18H12O3/c19-17-12-8-9-15-13-6-2-1-4-11(13)5-3-7-14(15)16(10-12)18(20)21-17/h1-4,6-9H,5,10H2. The van der Waals surface area contributed by atoms with Gasteiger partial charge in [-0.15, -0.1) is 0 Å². The van der Waals surface area contributed by atoms with Crippen LogP contribution in [0, 0.1) is 0 Å². The normalized spacial score (nSPS) is 19.8. The van der Waals surface area contributed by atoms with Gasteiger partial charge >= 0.3 is 11.9 Å². The van der Waals surface area contributed by atoms with Crippen molar-refractivity contribution in [3.63, 3.8) is 0 Å². The Hall–Kier alpha value is -2.68. The van der Waals surface area contributed by atoms with Gasteiger partial charge in [0.05, 0.1) is 5.57 Å². The molecule has 21 heavy (non-hydrogen) atoms. The molecule has 3 heteroatoms. The van der Waals surface area contributed by atoms with Crippen molar-refractivity contribution in [3.8, 4) is 0 Å². The Morgan fingerprint density at radius 1 is 1.00 bits per heavy atom. The minimum atomic E-state index is -0.532. The number of benzene rings is 1. The van der Waals surface area contributed by atoms with Gasteiger partial charge in [0.15, 0.2) is 0 Å². The van der Waals surface area contributed by atoms with Crippen LogP contribution in [-0.2, 0) is 20.7 Å². The Morgan fingerprint density at radius 2 is 1.86 bits per heavy atom. The van der Waals surface area contributed by atoms with Crippen LogP contribution in [0.15, 0.2) is 65.3 Å². The number of cyclic esters (lactones) is 2.